The summed E-state index contributed by atoms with van der Waals surface area (Å²) in [6, 6.07) is 4.51. The van der Waals surface area contributed by atoms with Crippen LogP contribution >= 0.6 is 11.8 Å². The van der Waals surface area contributed by atoms with Gasteiger partial charge in [-0.05, 0) is 53.6 Å². The highest BCUT2D eigenvalue weighted by Gasteiger charge is 2.28. The lowest BCUT2D eigenvalue weighted by Gasteiger charge is -2.06. The van der Waals surface area contributed by atoms with Crippen LogP contribution in [0.1, 0.15) is 32.2 Å². The summed E-state index contributed by atoms with van der Waals surface area (Å²) in [6.07, 6.45) is 5.25. The molecule has 0 amide bonds. The van der Waals surface area contributed by atoms with Crippen LogP contribution < -0.4 is 5.32 Å². The Balaban J connectivity index is 1.73. The monoisotopic (exact) mass is 276 g/mol. The van der Waals surface area contributed by atoms with Crippen LogP contribution in [0.3, 0.4) is 0 Å². The van der Waals surface area contributed by atoms with Gasteiger partial charge in [0.25, 0.3) is 0 Å². The SMILES string of the molecule is CCCNc1cc(Sc2nnnn2C2CC2)ccn1. The fraction of sp³-hybridized carbons (Fsp3) is 0.500. The largest absolute Gasteiger partial charge is 0.370 e. The Bertz CT molecular complexity index is 551. The van der Waals surface area contributed by atoms with Gasteiger partial charge >= 0.3 is 0 Å². The third-order valence-corrected chi connectivity index (χ3v) is 3.79. The minimum Gasteiger partial charge on any atom is -0.370 e. The summed E-state index contributed by atoms with van der Waals surface area (Å²) in [5.41, 5.74) is 0. The second-order valence-corrected chi connectivity index (χ2v) is 5.58. The van der Waals surface area contributed by atoms with Crippen LogP contribution in [0, 0.1) is 0 Å². The number of nitrogens with one attached hydrogen (secondary N) is 1. The summed E-state index contributed by atoms with van der Waals surface area (Å²) in [6.45, 7) is 3.07. The van der Waals surface area contributed by atoms with Gasteiger partial charge in [0.2, 0.25) is 5.16 Å². The first-order chi connectivity index (χ1) is 9.36. The van der Waals surface area contributed by atoms with Crippen molar-refractivity contribution in [3.63, 3.8) is 0 Å². The first kappa shape index (κ1) is 12.4. The number of hydrogen-bond acceptors (Lipinski definition) is 6. The zero-order chi connectivity index (χ0) is 13.1. The van der Waals surface area contributed by atoms with Crippen molar-refractivity contribution in [1.29, 1.82) is 0 Å². The Labute approximate surface area is 116 Å². The molecule has 0 saturated heterocycles. The van der Waals surface area contributed by atoms with Gasteiger partial charge in [0.15, 0.2) is 0 Å². The van der Waals surface area contributed by atoms with Gasteiger partial charge in [0.1, 0.15) is 5.82 Å². The highest BCUT2D eigenvalue weighted by molar-refractivity contribution is 7.99. The summed E-state index contributed by atoms with van der Waals surface area (Å²) in [5, 5.41) is 16.0. The Hall–Kier alpha value is -1.63. The maximum Gasteiger partial charge on any atom is 0.214 e. The second-order valence-electron chi connectivity index (χ2n) is 4.54. The lowest BCUT2D eigenvalue weighted by molar-refractivity contribution is 0.565. The Kier molecular flexibility index (Phi) is 3.63. The van der Waals surface area contributed by atoms with Crippen LogP contribution in [0.2, 0.25) is 0 Å². The maximum atomic E-state index is 4.29. The molecule has 1 saturated carbocycles. The molecule has 0 radical (unpaired) electrons. The van der Waals surface area contributed by atoms with Crippen LogP contribution in [-0.4, -0.2) is 31.7 Å². The average Bonchev–Trinajstić information content (AvgIpc) is 3.18. The van der Waals surface area contributed by atoms with Gasteiger partial charge < -0.3 is 5.32 Å². The standard InChI is InChI=1S/C12H16N6S/c1-2-6-13-11-8-10(5-7-14-11)19-12-15-16-17-18(12)9-3-4-9/h5,7-9H,2-4,6H2,1H3,(H,13,14). The van der Waals surface area contributed by atoms with Crippen LogP contribution in [-0.2, 0) is 0 Å². The van der Waals surface area contributed by atoms with Gasteiger partial charge in [0.05, 0.1) is 6.04 Å². The van der Waals surface area contributed by atoms with E-state index in [0.29, 0.717) is 6.04 Å². The Morgan fingerprint density at radius 2 is 2.37 bits per heavy atom. The summed E-state index contributed by atoms with van der Waals surface area (Å²) in [7, 11) is 0. The predicted molar refractivity (Wildman–Crippen MR) is 73.2 cm³/mol. The highest BCUT2D eigenvalue weighted by Crippen LogP contribution is 2.38. The van der Waals surface area contributed by atoms with Gasteiger partial charge in [-0.2, -0.15) is 0 Å². The molecule has 0 bridgehead atoms. The number of hydrogen-bond donors (Lipinski definition) is 1. The molecule has 0 aromatic carbocycles. The molecule has 0 spiro atoms. The highest BCUT2D eigenvalue weighted by atomic mass is 32.2. The quantitative estimate of drug-likeness (QED) is 0.873. The molecule has 0 unspecified atom stereocenters. The lowest BCUT2D eigenvalue weighted by atomic mass is 10.4. The molecule has 6 nitrogen and oxygen atoms in total. The van der Waals surface area contributed by atoms with Gasteiger partial charge in [-0.25, -0.2) is 9.67 Å². The zero-order valence-corrected chi connectivity index (χ0v) is 11.6. The van der Waals surface area contributed by atoms with Crippen molar-refractivity contribution in [2.75, 3.05) is 11.9 Å². The van der Waals surface area contributed by atoms with E-state index in [1.54, 1.807) is 11.8 Å². The van der Waals surface area contributed by atoms with Crippen LogP contribution in [0.15, 0.2) is 28.4 Å². The fourth-order valence-corrected chi connectivity index (χ4v) is 2.60. The Morgan fingerprint density at radius 3 is 3.16 bits per heavy atom. The van der Waals surface area contributed by atoms with E-state index >= 15 is 0 Å². The van der Waals surface area contributed by atoms with E-state index in [2.05, 4.69) is 32.7 Å². The molecule has 3 rings (SSSR count). The van der Waals surface area contributed by atoms with E-state index in [1.807, 2.05) is 23.0 Å². The van der Waals surface area contributed by atoms with Crippen molar-refractivity contribution in [3.8, 4) is 0 Å². The molecule has 2 heterocycles. The number of nitrogens with zero attached hydrogens (tertiary/aromatic N) is 5. The van der Waals surface area contributed by atoms with E-state index in [0.717, 1.165) is 28.8 Å². The summed E-state index contributed by atoms with van der Waals surface area (Å²) in [4.78, 5) is 5.40. The number of pyridine rings is 1. The zero-order valence-electron chi connectivity index (χ0n) is 10.8. The van der Waals surface area contributed by atoms with E-state index < -0.39 is 0 Å². The summed E-state index contributed by atoms with van der Waals surface area (Å²) >= 11 is 1.58. The predicted octanol–water partition coefficient (Wildman–Crippen LogP) is 2.38. The number of tetrazole rings is 1. The number of aromatic nitrogens is 5. The third kappa shape index (κ3) is 3.04. The first-order valence-corrected chi connectivity index (χ1v) is 7.34. The molecule has 0 atom stereocenters. The molecular formula is C12H16N6S. The van der Waals surface area contributed by atoms with E-state index in [9.17, 15) is 0 Å². The third-order valence-electron chi connectivity index (χ3n) is 2.85. The minimum absolute atomic E-state index is 0.497. The molecular weight excluding hydrogens is 260 g/mol. The van der Waals surface area contributed by atoms with E-state index in [4.69, 9.17) is 0 Å². The fourth-order valence-electron chi connectivity index (χ4n) is 1.73. The number of rotatable bonds is 6. The van der Waals surface area contributed by atoms with Gasteiger partial charge in [-0.15, -0.1) is 5.10 Å². The second kappa shape index (κ2) is 5.56. The molecule has 100 valence electrons. The normalized spacial score (nSPS) is 14.6. The van der Waals surface area contributed by atoms with Crippen LogP contribution in [0.4, 0.5) is 5.82 Å². The van der Waals surface area contributed by atoms with Crippen molar-refractivity contribution in [2.24, 2.45) is 0 Å². The molecule has 2 aromatic rings. The van der Waals surface area contributed by atoms with Gasteiger partial charge in [-0.3, -0.25) is 0 Å². The molecule has 1 N–H and O–H groups in total. The minimum atomic E-state index is 0.497. The molecule has 2 aromatic heterocycles. The van der Waals surface area contributed by atoms with Crippen LogP contribution in [0.5, 0.6) is 0 Å². The van der Waals surface area contributed by atoms with Crippen molar-refractivity contribution < 1.29 is 0 Å². The molecule has 1 aliphatic carbocycles. The summed E-state index contributed by atoms with van der Waals surface area (Å²) in [5.74, 6) is 0.900. The number of anilines is 1. The van der Waals surface area contributed by atoms with Gasteiger partial charge in [-0.1, -0.05) is 6.92 Å². The van der Waals surface area contributed by atoms with Crippen molar-refractivity contribution in [2.45, 2.75) is 42.3 Å². The van der Waals surface area contributed by atoms with Gasteiger partial charge in [0, 0.05) is 17.6 Å². The molecule has 1 aliphatic rings. The smallest absolute Gasteiger partial charge is 0.214 e. The average molecular weight is 276 g/mol. The molecule has 0 aliphatic heterocycles. The molecule has 7 heteroatoms. The van der Waals surface area contributed by atoms with Crippen molar-refractivity contribution >= 4 is 17.6 Å². The van der Waals surface area contributed by atoms with E-state index in [-0.39, 0.29) is 0 Å². The van der Waals surface area contributed by atoms with Crippen molar-refractivity contribution in [1.82, 2.24) is 25.2 Å². The van der Waals surface area contributed by atoms with E-state index in [1.165, 1.54) is 12.8 Å². The topological polar surface area (TPSA) is 68.5 Å². The first-order valence-electron chi connectivity index (χ1n) is 6.52. The molecule has 1 fully saturated rings. The molecule has 19 heavy (non-hydrogen) atoms. The summed E-state index contributed by atoms with van der Waals surface area (Å²) < 4.78 is 1.92. The van der Waals surface area contributed by atoms with Crippen molar-refractivity contribution in [3.05, 3.63) is 18.3 Å². The Morgan fingerprint density at radius 1 is 1.47 bits per heavy atom. The maximum absolute atomic E-state index is 4.29. The lowest BCUT2D eigenvalue weighted by Crippen LogP contribution is -2.01. The van der Waals surface area contributed by atoms with Crippen LogP contribution in [0.25, 0.3) is 0 Å².